The highest BCUT2D eigenvalue weighted by Gasteiger charge is 2.19. The molecule has 2 aromatic carbocycles. The van der Waals surface area contributed by atoms with Gasteiger partial charge >= 0.3 is 0 Å². The van der Waals surface area contributed by atoms with Gasteiger partial charge in [-0.05, 0) is 58.6 Å². The first-order valence-electron chi connectivity index (χ1n) is 9.69. The minimum absolute atomic E-state index is 0. The van der Waals surface area contributed by atoms with Gasteiger partial charge in [-0.3, -0.25) is 4.79 Å². The van der Waals surface area contributed by atoms with Crippen molar-refractivity contribution >= 4 is 34.2 Å². The van der Waals surface area contributed by atoms with E-state index in [0.29, 0.717) is 30.4 Å². The Kier molecular flexibility index (Phi) is 9.78. The standard InChI is InChI=1S/C22H27BrN2O3.ClH/c1-27-20-14-18(15-24-10-6-12-25-11-5-9-21(25)26)13-19(23)22(20)28-16-17-7-3-2-4-8-17;/h2-4,7-8,13-14,24H,5-6,9-12,15-16H2,1H3;1H. The molecule has 3 rings (SSSR count). The summed E-state index contributed by atoms with van der Waals surface area (Å²) in [7, 11) is 1.65. The lowest BCUT2D eigenvalue weighted by molar-refractivity contribution is -0.127. The second-order valence-electron chi connectivity index (χ2n) is 6.90. The van der Waals surface area contributed by atoms with E-state index in [4.69, 9.17) is 9.47 Å². The number of methoxy groups -OCH3 is 1. The molecule has 0 aliphatic carbocycles. The zero-order valence-corrected chi connectivity index (χ0v) is 19.1. The van der Waals surface area contributed by atoms with Crippen LogP contribution in [0.15, 0.2) is 46.9 Å². The van der Waals surface area contributed by atoms with Gasteiger partial charge in [0.15, 0.2) is 11.5 Å². The molecule has 0 spiro atoms. The van der Waals surface area contributed by atoms with E-state index in [9.17, 15) is 4.79 Å². The van der Waals surface area contributed by atoms with Crippen molar-refractivity contribution in [2.75, 3.05) is 26.7 Å². The number of rotatable bonds is 10. The van der Waals surface area contributed by atoms with Gasteiger partial charge in [0.2, 0.25) is 5.91 Å². The summed E-state index contributed by atoms with van der Waals surface area (Å²) >= 11 is 3.61. The van der Waals surface area contributed by atoms with E-state index in [2.05, 4.69) is 27.3 Å². The maximum atomic E-state index is 11.6. The molecule has 0 bridgehead atoms. The molecule has 1 saturated heterocycles. The van der Waals surface area contributed by atoms with Crippen LogP contribution in [0.5, 0.6) is 11.5 Å². The minimum atomic E-state index is 0. The fourth-order valence-electron chi connectivity index (χ4n) is 3.31. The van der Waals surface area contributed by atoms with E-state index in [0.717, 1.165) is 54.6 Å². The lowest BCUT2D eigenvalue weighted by Crippen LogP contribution is -2.28. The van der Waals surface area contributed by atoms with Crippen molar-refractivity contribution in [2.24, 2.45) is 0 Å². The van der Waals surface area contributed by atoms with E-state index in [1.807, 2.05) is 41.3 Å². The Bertz CT molecular complexity index is 789. The van der Waals surface area contributed by atoms with Gasteiger partial charge in [-0.25, -0.2) is 0 Å². The van der Waals surface area contributed by atoms with Crippen molar-refractivity contribution in [3.8, 4) is 11.5 Å². The normalized spacial score (nSPS) is 13.3. The van der Waals surface area contributed by atoms with Crippen LogP contribution in [0.3, 0.4) is 0 Å². The highest BCUT2D eigenvalue weighted by Crippen LogP contribution is 2.37. The maximum Gasteiger partial charge on any atom is 0.222 e. The van der Waals surface area contributed by atoms with Crippen LogP contribution in [-0.2, 0) is 17.9 Å². The molecule has 1 amide bonds. The van der Waals surface area contributed by atoms with E-state index in [1.165, 1.54) is 0 Å². The molecule has 0 aromatic heterocycles. The smallest absolute Gasteiger partial charge is 0.222 e. The molecular weight excluding hydrogens is 456 g/mol. The summed E-state index contributed by atoms with van der Waals surface area (Å²) in [4.78, 5) is 13.6. The Labute approximate surface area is 187 Å². The van der Waals surface area contributed by atoms with Crippen LogP contribution < -0.4 is 14.8 Å². The number of amides is 1. The summed E-state index contributed by atoms with van der Waals surface area (Å²) in [6.07, 6.45) is 2.67. The monoisotopic (exact) mass is 482 g/mol. The molecule has 0 atom stereocenters. The summed E-state index contributed by atoms with van der Waals surface area (Å²) in [5, 5.41) is 3.44. The number of nitrogens with one attached hydrogen (secondary N) is 1. The molecule has 1 N–H and O–H groups in total. The lowest BCUT2D eigenvalue weighted by Gasteiger charge is -2.16. The predicted molar refractivity (Wildman–Crippen MR) is 121 cm³/mol. The van der Waals surface area contributed by atoms with E-state index < -0.39 is 0 Å². The van der Waals surface area contributed by atoms with E-state index >= 15 is 0 Å². The van der Waals surface area contributed by atoms with Gasteiger partial charge in [-0.1, -0.05) is 30.3 Å². The third-order valence-corrected chi connectivity index (χ3v) is 5.39. The molecule has 7 heteroatoms. The maximum absolute atomic E-state index is 11.6. The van der Waals surface area contributed by atoms with Crippen molar-refractivity contribution < 1.29 is 14.3 Å². The van der Waals surface area contributed by atoms with Crippen LogP contribution in [0.25, 0.3) is 0 Å². The number of carbonyl (C=O) groups excluding carboxylic acids is 1. The third-order valence-electron chi connectivity index (χ3n) is 4.80. The zero-order valence-electron chi connectivity index (χ0n) is 16.7. The van der Waals surface area contributed by atoms with Crippen molar-refractivity contribution in [3.05, 3.63) is 58.1 Å². The van der Waals surface area contributed by atoms with E-state index in [1.54, 1.807) is 7.11 Å². The van der Waals surface area contributed by atoms with Gasteiger partial charge in [0.05, 0.1) is 11.6 Å². The Balaban J connectivity index is 0.00000300. The molecule has 1 heterocycles. The van der Waals surface area contributed by atoms with Gasteiger partial charge in [0, 0.05) is 26.1 Å². The second-order valence-corrected chi connectivity index (χ2v) is 7.75. The molecule has 1 aliphatic rings. The molecule has 5 nitrogen and oxygen atoms in total. The molecule has 158 valence electrons. The largest absolute Gasteiger partial charge is 0.493 e. The van der Waals surface area contributed by atoms with Gasteiger partial charge < -0.3 is 19.7 Å². The van der Waals surface area contributed by atoms with Crippen LogP contribution in [0.2, 0.25) is 0 Å². The number of likely N-dealkylation sites (tertiary alicyclic amines) is 1. The lowest BCUT2D eigenvalue weighted by atomic mass is 10.2. The Morgan fingerprint density at radius 3 is 2.66 bits per heavy atom. The van der Waals surface area contributed by atoms with Crippen LogP contribution >= 0.6 is 28.3 Å². The molecule has 2 aromatic rings. The van der Waals surface area contributed by atoms with Gasteiger partial charge in [0.1, 0.15) is 6.61 Å². The van der Waals surface area contributed by atoms with Crippen molar-refractivity contribution in [2.45, 2.75) is 32.4 Å². The average molecular weight is 484 g/mol. The highest BCUT2D eigenvalue weighted by molar-refractivity contribution is 9.10. The summed E-state index contributed by atoms with van der Waals surface area (Å²) in [5.74, 6) is 1.71. The summed E-state index contributed by atoms with van der Waals surface area (Å²) in [6, 6.07) is 14.1. The van der Waals surface area contributed by atoms with Crippen LogP contribution in [0.1, 0.15) is 30.4 Å². The highest BCUT2D eigenvalue weighted by atomic mass is 79.9. The van der Waals surface area contributed by atoms with Gasteiger partial charge in [-0.2, -0.15) is 0 Å². The predicted octanol–water partition coefficient (Wildman–Crippen LogP) is 4.56. The van der Waals surface area contributed by atoms with Crippen LogP contribution in [0, 0.1) is 0 Å². The molecule has 0 unspecified atom stereocenters. The number of hydrogen-bond acceptors (Lipinski definition) is 4. The van der Waals surface area contributed by atoms with Crippen molar-refractivity contribution in [3.63, 3.8) is 0 Å². The number of hydrogen-bond donors (Lipinski definition) is 1. The fraction of sp³-hybridized carbons (Fsp3) is 0.409. The zero-order chi connectivity index (χ0) is 19.8. The molecule has 0 saturated carbocycles. The van der Waals surface area contributed by atoms with Crippen LogP contribution in [0.4, 0.5) is 0 Å². The molecule has 0 radical (unpaired) electrons. The van der Waals surface area contributed by atoms with Crippen LogP contribution in [-0.4, -0.2) is 37.6 Å². The Morgan fingerprint density at radius 1 is 1.17 bits per heavy atom. The average Bonchev–Trinajstić information content (AvgIpc) is 3.12. The Hall–Kier alpha value is -1.76. The molecule has 29 heavy (non-hydrogen) atoms. The van der Waals surface area contributed by atoms with E-state index in [-0.39, 0.29) is 12.4 Å². The summed E-state index contributed by atoms with van der Waals surface area (Å²) in [6.45, 7) is 3.85. The SMILES string of the molecule is COc1cc(CNCCCN2CCCC2=O)cc(Br)c1OCc1ccccc1.Cl. The third kappa shape index (κ3) is 6.91. The van der Waals surface area contributed by atoms with Gasteiger partial charge in [-0.15, -0.1) is 12.4 Å². The first-order valence-corrected chi connectivity index (χ1v) is 10.5. The van der Waals surface area contributed by atoms with Crippen molar-refractivity contribution in [1.82, 2.24) is 10.2 Å². The fourth-order valence-corrected chi connectivity index (χ4v) is 3.92. The first kappa shape index (κ1) is 23.5. The number of carbonyl (C=O) groups is 1. The summed E-state index contributed by atoms with van der Waals surface area (Å²) in [5.41, 5.74) is 2.23. The number of ether oxygens (including phenoxy) is 2. The second kappa shape index (κ2) is 12.1. The molecule has 1 fully saturated rings. The number of nitrogens with zero attached hydrogens (tertiary/aromatic N) is 1. The number of halogens is 2. The summed E-state index contributed by atoms with van der Waals surface area (Å²) < 4.78 is 12.4. The topological polar surface area (TPSA) is 50.8 Å². The van der Waals surface area contributed by atoms with Gasteiger partial charge in [0.25, 0.3) is 0 Å². The quantitative estimate of drug-likeness (QED) is 0.503. The Morgan fingerprint density at radius 2 is 1.97 bits per heavy atom. The molecular formula is C22H28BrClN2O3. The first-order chi connectivity index (χ1) is 13.7. The minimum Gasteiger partial charge on any atom is -0.493 e. The number of benzene rings is 2. The van der Waals surface area contributed by atoms with Crippen molar-refractivity contribution in [1.29, 1.82) is 0 Å². The molecule has 1 aliphatic heterocycles.